The van der Waals surface area contributed by atoms with E-state index in [2.05, 4.69) is 45.1 Å². The van der Waals surface area contributed by atoms with Crippen LogP contribution in [0.5, 0.6) is 0 Å². The van der Waals surface area contributed by atoms with E-state index in [0.29, 0.717) is 19.3 Å². The fraction of sp³-hybridized carbons (Fsp3) is 0.892. The minimum Gasteiger partial charge on any atom is -0.462 e. The molecule has 6 nitrogen and oxygen atoms in total. The predicted molar refractivity (Wildman–Crippen MR) is 307 cm³/mol. The minimum atomic E-state index is -0.770. The third-order valence-electron chi connectivity index (χ3n) is 14.4. The van der Waals surface area contributed by atoms with Crippen LogP contribution in [0.15, 0.2) is 24.3 Å². The van der Waals surface area contributed by atoms with E-state index in [1.54, 1.807) is 0 Å². The topological polar surface area (TPSA) is 78.9 Å². The first-order valence-corrected chi connectivity index (χ1v) is 31.8. The van der Waals surface area contributed by atoms with Crippen LogP contribution in [0.2, 0.25) is 0 Å². The normalized spacial score (nSPS) is 12.1. The average Bonchev–Trinajstić information content (AvgIpc) is 3.37. The van der Waals surface area contributed by atoms with Crippen LogP contribution in [-0.4, -0.2) is 37.2 Å². The third kappa shape index (κ3) is 58.7. The predicted octanol–water partition coefficient (Wildman–Crippen LogP) is 21.4. The largest absolute Gasteiger partial charge is 0.462 e. The molecule has 0 aliphatic carbocycles. The molecule has 0 saturated carbocycles. The Morgan fingerprint density at radius 3 is 0.704 bits per heavy atom. The van der Waals surface area contributed by atoms with Gasteiger partial charge in [0.15, 0.2) is 6.10 Å². The van der Waals surface area contributed by atoms with Gasteiger partial charge in [-0.2, -0.15) is 0 Å². The standard InChI is InChI=1S/C65H122O6/c1-4-7-10-13-16-19-21-23-25-27-28-29-30-31-32-33-34-35-36-37-38-39-41-42-44-46-49-52-55-58-64(67)70-61-62(60-69-63(66)57-54-51-48-18-15-12-9-6-3)71-65(68)59-56-53-50-47-45-43-40-26-24-22-20-17-14-11-8-5-2/h26-28,40,62H,4-25,29-39,41-61H2,1-3H3/b28-27-,40-26-. The van der Waals surface area contributed by atoms with Gasteiger partial charge >= 0.3 is 17.9 Å². The summed E-state index contributed by atoms with van der Waals surface area (Å²) in [5, 5.41) is 0. The minimum absolute atomic E-state index is 0.0696. The second-order valence-corrected chi connectivity index (χ2v) is 21.7. The van der Waals surface area contributed by atoms with Gasteiger partial charge in [-0.3, -0.25) is 14.4 Å². The summed E-state index contributed by atoms with van der Waals surface area (Å²) in [5.41, 5.74) is 0. The maximum Gasteiger partial charge on any atom is 0.306 e. The molecule has 0 rings (SSSR count). The molecule has 0 aliphatic heterocycles. The molecule has 418 valence electrons. The van der Waals surface area contributed by atoms with Crippen LogP contribution in [0.25, 0.3) is 0 Å². The number of carbonyl (C=O) groups excluding carboxylic acids is 3. The SMILES string of the molecule is CCCCCCCCC/C=C\CCCCCCCC(=O)OC(COC(=O)CCCCCCCCCC)COC(=O)CCCCCCCCCCCCCCCCCCC/C=C\CCCCCCCCCC. The summed E-state index contributed by atoms with van der Waals surface area (Å²) in [6.07, 6.45) is 72.2. The summed E-state index contributed by atoms with van der Waals surface area (Å²) in [4.78, 5) is 38.0. The van der Waals surface area contributed by atoms with E-state index in [0.717, 1.165) is 64.2 Å². The number of hydrogen-bond acceptors (Lipinski definition) is 6. The highest BCUT2D eigenvalue weighted by Crippen LogP contribution is 2.17. The van der Waals surface area contributed by atoms with E-state index in [9.17, 15) is 14.4 Å². The number of rotatable bonds is 59. The Kier molecular flexibility index (Phi) is 58.6. The summed E-state index contributed by atoms with van der Waals surface area (Å²) < 4.78 is 16.8. The number of esters is 3. The lowest BCUT2D eigenvalue weighted by atomic mass is 10.0. The maximum absolute atomic E-state index is 12.8. The number of unbranched alkanes of at least 4 members (excludes halogenated alkanes) is 44. The Labute approximate surface area is 443 Å². The molecule has 0 aromatic heterocycles. The van der Waals surface area contributed by atoms with Gasteiger partial charge in [-0.05, 0) is 70.6 Å². The zero-order valence-corrected chi connectivity index (χ0v) is 48.0. The van der Waals surface area contributed by atoms with Gasteiger partial charge in [0.05, 0.1) is 0 Å². The third-order valence-corrected chi connectivity index (χ3v) is 14.4. The lowest BCUT2D eigenvalue weighted by Crippen LogP contribution is -2.30. The van der Waals surface area contributed by atoms with Gasteiger partial charge in [0, 0.05) is 19.3 Å². The number of carbonyl (C=O) groups is 3. The van der Waals surface area contributed by atoms with Crippen LogP contribution in [0, 0.1) is 0 Å². The van der Waals surface area contributed by atoms with E-state index in [1.807, 2.05) is 0 Å². The molecular weight excluding hydrogens is 877 g/mol. The van der Waals surface area contributed by atoms with Gasteiger partial charge in [0.1, 0.15) is 13.2 Å². The average molecular weight is 1000 g/mol. The highest BCUT2D eigenvalue weighted by atomic mass is 16.6. The molecule has 0 amide bonds. The number of allylic oxidation sites excluding steroid dienone is 4. The Balaban J connectivity index is 4.05. The summed E-state index contributed by atoms with van der Waals surface area (Å²) in [7, 11) is 0. The van der Waals surface area contributed by atoms with Crippen molar-refractivity contribution in [3.05, 3.63) is 24.3 Å². The van der Waals surface area contributed by atoms with Crippen molar-refractivity contribution < 1.29 is 28.6 Å². The highest BCUT2D eigenvalue weighted by molar-refractivity contribution is 5.71. The molecule has 0 spiro atoms. The Bertz CT molecular complexity index is 1150. The first kappa shape index (κ1) is 68.9. The van der Waals surface area contributed by atoms with Gasteiger partial charge in [0.25, 0.3) is 0 Å². The van der Waals surface area contributed by atoms with Crippen molar-refractivity contribution in [1.82, 2.24) is 0 Å². The van der Waals surface area contributed by atoms with Crippen molar-refractivity contribution in [2.75, 3.05) is 13.2 Å². The van der Waals surface area contributed by atoms with Crippen LogP contribution >= 0.6 is 0 Å². The van der Waals surface area contributed by atoms with Crippen LogP contribution in [-0.2, 0) is 28.6 Å². The van der Waals surface area contributed by atoms with Crippen molar-refractivity contribution in [2.45, 2.75) is 361 Å². The molecule has 0 saturated heterocycles. The molecule has 0 N–H and O–H groups in total. The Morgan fingerprint density at radius 1 is 0.268 bits per heavy atom. The van der Waals surface area contributed by atoms with E-state index in [4.69, 9.17) is 14.2 Å². The highest BCUT2D eigenvalue weighted by Gasteiger charge is 2.19. The number of hydrogen-bond donors (Lipinski definition) is 0. The lowest BCUT2D eigenvalue weighted by Gasteiger charge is -2.18. The molecule has 71 heavy (non-hydrogen) atoms. The molecule has 1 unspecified atom stereocenters. The molecule has 0 fully saturated rings. The Hall–Kier alpha value is -2.11. The molecule has 0 radical (unpaired) electrons. The fourth-order valence-corrected chi connectivity index (χ4v) is 9.61. The first-order chi connectivity index (χ1) is 35.0. The molecule has 0 aliphatic rings. The van der Waals surface area contributed by atoms with E-state index in [1.165, 1.54) is 250 Å². The van der Waals surface area contributed by atoms with Crippen molar-refractivity contribution >= 4 is 17.9 Å². The zero-order valence-electron chi connectivity index (χ0n) is 48.0. The Morgan fingerprint density at radius 2 is 0.465 bits per heavy atom. The molecule has 0 aromatic carbocycles. The smallest absolute Gasteiger partial charge is 0.306 e. The summed E-state index contributed by atoms with van der Waals surface area (Å²) in [5.74, 6) is -0.861. The van der Waals surface area contributed by atoms with Crippen molar-refractivity contribution in [3.63, 3.8) is 0 Å². The van der Waals surface area contributed by atoms with E-state index >= 15 is 0 Å². The van der Waals surface area contributed by atoms with Crippen LogP contribution in [0.1, 0.15) is 355 Å². The zero-order chi connectivity index (χ0) is 51.4. The lowest BCUT2D eigenvalue weighted by molar-refractivity contribution is -0.167. The molecule has 0 bridgehead atoms. The van der Waals surface area contributed by atoms with Gasteiger partial charge in [-0.25, -0.2) is 0 Å². The molecule has 1 atom stereocenters. The van der Waals surface area contributed by atoms with E-state index in [-0.39, 0.29) is 31.1 Å². The summed E-state index contributed by atoms with van der Waals surface area (Å²) in [6.45, 7) is 6.65. The first-order valence-electron chi connectivity index (χ1n) is 31.8. The summed E-state index contributed by atoms with van der Waals surface area (Å²) >= 11 is 0. The van der Waals surface area contributed by atoms with Gasteiger partial charge < -0.3 is 14.2 Å². The van der Waals surface area contributed by atoms with Gasteiger partial charge in [0.2, 0.25) is 0 Å². The maximum atomic E-state index is 12.8. The van der Waals surface area contributed by atoms with Crippen molar-refractivity contribution in [2.24, 2.45) is 0 Å². The van der Waals surface area contributed by atoms with Crippen LogP contribution < -0.4 is 0 Å². The van der Waals surface area contributed by atoms with Crippen LogP contribution in [0.3, 0.4) is 0 Å². The van der Waals surface area contributed by atoms with Gasteiger partial charge in [-0.1, -0.05) is 289 Å². The van der Waals surface area contributed by atoms with Crippen LogP contribution in [0.4, 0.5) is 0 Å². The van der Waals surface area contributed by atoms with Crippen molar-refractivity contribution in [1.29, 1.82) is 0 Å². The quantitative estimate of drug-likeness (QED) is 0.0261. The monoisotopic (exact) mass is 999 g/mol. The summed E-state index contributed by atoms with van der Waals surface area (Å²) in [6, 6.07) is 0. The van der Waals surface area contributed by atoms with Crippen molar-refractivity contribution in [3.8, 4) is 0 Å². The second-order valence-electron chi connectivity index (χ2n) is 21.7. The number of ether oxygens (including phenoxy) is 3. The molecule has 0 aromatic rings. The molecular formula is C65H122O6. The molecule has 6 heteroatoms. The van der Waals surface area contributed by atoms with E-state index < -0.39 is 6.10 Å². The fourth-order valence-electron chi connectivity index (χ4n) is 9.61. The molecule has 0 heterocycles. The van der Waals surface area contributed by atoms with Gasteiger partial charge in [-0.15, -0.1) is 0 Å². The second kappa shape index (κ2) is 60.4.